The van der Waals surface area contributed by atoms with Crippen LogP contribution in [0, 0.1) is 29.1 Å². The molecule has 0 radical (unpaired) electrons. The quantitative estimate of drug-likeness (QED) is 0.207. The van der Waals surface area contributed by atoms with E-state index in [9.17, 15) is 30.8 Å². The van der Waals surface area contributed by atoms with Crippen molar-refractivity contribution in [3.63, 3.8) is 0 Å². The van der Waals surface area contributed by atoms with Gasteiger partial charge in [-0.15, -0.1) is 0 Å². The van der Waals surface area contributed by atoms with E-state index in [-0.39, 0.29) is 34.8 Å². The van der Waals surface area contributed by atoms with Crippen LogP contribution in [-0.4, -0.2) is 42.2 Å². The number of aromatic nitrogens is 3. The van der Waals surface area contributed by atoms with Crippen molar-refractivity contribution in [3.8, 4) is 0 Å². The molecule has 1 aliphatic carbocycles. The van der Waals surface area contributed by atoms with E-state index >= 15 is 4.39 Å². The zero-order chi connectivity index (χ0) is 26.6. The highest BCUT2D eigenvalue weighted by atomic mass is 32.2. The Balaban J connectivity index is 1.57. The van der Waals surface area contributed by atoms with Gasteiger partial charge >= 0.3 is 0 Å². The lowest BCUT2D eigenvalue weighted by Crippen LogP contribution is -2.21. The number of hydrogen-bond acceptors (Lipinski definition) is 6. The third-order valence-corrected chi connectivity index (χ3v) is 7.33. The van der Waals surface area contributed by atoms with Gasteiger partial charge in [0.15, 0.2) is 17.5 Å². The van der Waals surface area contributed by atoms with Gasteiger partial charge in [-0.05, 0) is 25.0 Å². The van der Waals surface area contributed by atoms with Gasteiger partial charge in [0, 0.05) is 31.4 Å². The van der Waals surface area contributed by atoms with Crippen molar-refractivity contribution in [3.05, 3.63) is 77.0 Å². The molecule has 5 rings (SSSR count). The summed E-state index contributed by atoms with van der Waals surface area (Å²) in [6.07, 6.45) is 4.28. The first-order valence-electron chi connectivity index (χ1n) is 10.7. The van der Waals surface area contributed by atoms with Gasteiger partial charge < -0.3 is 9.88 Å². The standard InChI is InChI=1S/C23H16F5N5O3S/c1-33(10-2-3-10)23-18-11(8-29-22(18)30-9-31-23)21(34)19-12(24)4-5-16(20(19)28)32-37(35,36)17-7-14(26)13(25)6-15(17)27/h4-10,32H,2-3H2,1H3,(H,29,30,31). The molecule has 2 heterocycles. The Morgan fingerprint density at radius 1 is 1.03 bits per heavy atom. The van der Waals surface area contributed by atoms with Crippen molar-refractivity contribution in [1.29, 1.82) is 0 Å². The second kappa shape index (κ2) is 8.80. The van der Waals surface area contributed by atoms with Crippen LogP contribution in [0.2, 0.25) is 0 Å². The molecule has 0 aliphatic heterocycles. The summed E-state index contributed by atoms with van der Waals surface area (Å²) in [5, 5.41) is 0.218. The maximum absolute atomic E-state index is 15.4. The Morgan fingerprint density at radius 3 is 2.43 bits per heavy atom. The van der Waals surface area contributed by atoms with Crippen LogP contribution in [0.25, 0.3) is 11.0 Å². The molecule has 192 valence electrons. The summed E-state index contributed by atoms with van der Waals surface area (Å²) in [6, 6.07) is 1.57. The number of carbonyl (C=O) groups is 1. The molecule has 8 nitrogen and oxygen atoms in total. The highest BCUT2D eigenvalue weighted by molar-refractivity contribution is 7.92. The van der Waals surface area contributed by atoms with E-state index in [1.165, 1.54) is 12.5 Å². The molecule has 0 saturated heterocycles. The van der Waals surface area contributed by atoms with Crippen molar-refractivity contribution in [1.82, 2.24) is 15.0 Å². The number of benzene rings is 2. The second-order valence-electron chi connectivity index (χ2n) is 8.38. The molecule has 37 heavy (non-hydrogen) atoms. The number of hydrogen-bond donors (Lipinski definition) is 2. The normalized spacial score (nSPS) is 13.7. The van der Waals surface area contributed by atoms with Crippen LogP contribution in [0.1, 0.15) is 28.8 Å². The van der Waals surface area contributed by atoms with Crippen LogP contribution in [0.4, 0.5) is 33.5 Å². The van der Waals surface area contributed by atoms with Crippen molar-refractivity contribution in [2.75, 3.05) is 16.7 Å². The number of anilines is 2. The summed E-state index contributed by atoms with van der Waals surface area (Å²) < 4.78 is 97.8. The Kier molecular flexibility index (Phi) is 5.85. The summed E-state index contributed by atoms with van der Waals surface area (Å²) in [5.41, 5.74) is -1.94. The summed E-state index contributed by atoms with van der Waals surface area (Å²) in [6.45, 7) is 0. The second-order valence-corrected chi connectivity index (χ2v) is 10.0. The van der Waals surface area contributed by atoms with Gasteiger partial charge in [-0.1, -0.05) is 0 Å². The lowest BCUT2D eigenvalue weighted by Gasteiger charge is -2.18. The Morgan fingerprint density at radius 2 is 1.73 bits per heavy atom. The molecule has 2 N–H and O–H groups in total. The molecule has 4 aromatic rings. The van der Waals surface area contributed by atoms with Gasteiger partial charge in [-0.3, -0.25) is 9.52 Å². The highest BCUT2D eigenvalue weighted by Crippen LogP contribution is 2.35. The molecule has 2 aromatic heterocycles. The molecule has 1 aliphatic rings. The summed E-state index contributed by atoms with van der Waals surface area (Å²) in [5.74, 6) is -8.61. The number of aromatic amines is 1. The number of nitrogens with zero attached hydrogens (tertiary/aromatic N) is 3. The molecule has 0 bridgehead atoms. The number of nitrogens with one attached hydrogen (secondary N) is 2. The number of sulfonamides is 1. The third-order valence-electron chi connectivity index (χ3n) is 5.95. The van der Waals surface area contributed by atoms with Gasteiger partial charge in [-0.2, -0.15) is 0 Å². The van der Waals surface area contributed by atoms with E-state index in [1.807, 2.05) is 4.90 Å². The van der Waals surface area contributed by atoms with Crippen molar-refractivity contribution in [2.45, 2.75) is 23.8 Å². The molecule has 0 spiro atoms. The first-order chi connectivity index (χ1) is 17.5. The Hall–Kier alpha value is -4.07. The smallest absolute Gasteiger partial charge is 0.265 e. The molecule has 0 atom stereocenters. The predicted molar refractivity (Wildman–Crippen MR) is 122 cm³/mol. The van der Waals surface area contributed by atoms with Gasteiger partial charge in [-0.25, -0.2) is 40.3 Å². The minimum atomic E-state index is -5.01. The fourth-order valence-electron chi connectivity index (χ4n) is 3.91. The van der Waals surface area contributed by atoms with E-state index < -0.39 is 61.0 Å². The number of H-pyrrole nitrogens is 1. The van der Waals surface area contributed by atoms with Crippen molar-refractivity contribution >= 4 is 38.3 Å². The van der Waals surface area contributed by atoms with E-state index in [1.54, 1.807) is 11.8 Å². The maximum Gasteiger partial charge on any atom is 0.265 e. The van der Waals surface area contributed by atoms with Crippen molar-refractivity contribution in [2.24, 2.45) is 0 Å². The average Bonchev–Trinajstić information content (AvgIpc) is 3.60. The Bertz CT molecular complexity index is 1690. The third kappa shape index (κ3) is 4.26. The van der Waals surface area contributed by atoms with Gasteiger partial charge in [0.25, 0.3) is 10.0 Å². The van der Waals surface area contributed by atoms with Crippen LogP contribution in [0.3, 0.4) is 0 Å². The SMILES string of the molecule is CN(c1ncnc2[nH]cc(C(=O)c3c(F)ccc(NS(=O)(=O)c4cc(F)c(F)cc4F)c3F)c12)C1CC1. The fraction of sp³-hybridized carbons (Fsp3) is 0.174. The largest absolute Gasteiger partial charge is 0.356 e. The fourth-order valence-corrected chi connectivity index (χ4v) is 5.04. The van der Waals surface area contributed by atoms with Crippen LogP contribution in [0.5, 0.6) is 0 Å². The van der Waals surface area contributed by atoms with Crippen LogP contribution in [0.15, 0.2) is 41.7 Å². The lowest BCUT2D eigenvalue weighted by molar-refractivity contribution is 0.103. The highest BCUT2D eigenvalue weighted by Gasteiger charge is 2.32. The molecule has 14 heteroatoms. The summed E-state index contributed by atoms with van der Waals surface area (Å²) in [7, 11) is -3.25. The summed E-state index contributed by atoms with van der Waals surface area (Å²) in [4.78, 5) is 24.9. The minimum Gasteiger partial charge on any atom is -0.356 e. The molecular weight excluding hydrogens is 521 g/mol. The number of rotatable bonds is 7. The molecule has 0 unspecified atom stereocenters. The zero-order valence-electron chi connectivity index (χ0n) is 18.8. The number of carbonyl (C=O) groups excluding carboxylic acids is 1. The first kappa shape index (κ1) is 24.6. The zero-order valence-corrected chi connectivity index (χ0v) is 19.6. The van der Waals surface area contributed by atoms with Gasteiger partial charge in [0.05, 0.1) is 22.2 Å². The number of fused-ring (bicyclic) bond motifs is 1. The number of ketones is 1. The minimum absolute atomic E-state index is 0.00912. The molecular formula is C23H16F5N5O3S. The average molecular weight is 537 g/mol. The summed E-state index contributed by atoms with van der Waals surface area (Å²) >= 11 is 0. The van der Waals surface area contributed by atoms with E-state index in [2.05, 4.69) is 15.0 Å². The Labute approximate surface area is 206 Å². The molecule has 1 saturated carbocycles. The van der Waals surface area contributed by atoms with E-state index in [0.717, 1.165) is 12.8 Å². The first-order valence-corrected chi connectivity index (χ1v) is 12.2. The topological polar surface area (TPSA) is 108 Å². The predicted octanol–water partition coefficient (Wildman–Crippen LogP) is 4.28. The van der Waals surface area contributed by atoms with Gasteiger partial charge in [0.1, 0.15) is 34.3 Å². The molecule has 0 amide bonds. The van der Waals surface area contributed by atoms with Crippen LogP contribution in [-0.2, 0) is 10.0 Å². The maximum atomic E-state index is 15.4. The van der Waals surface area contributed by atoms with Crippen molar-refractivity contribution < 1.29 is 35.2 Å². The molecule has 1 fully saturated rings. The molecule has 2 aromatic carbocycles. The number of halogens is 5. The van der Waals surface area contributed by atoms with E-state index in [0.29, 0.717) is 18.0 Å². The van der Waals surface area contributed by atoms with Crippen LogP contribution < -0.4 is 9.62 Å². The van der Waals surface area contributed by atoms with Gasteiger partial charge in [0.2, 0.25) is 5.78 Å². The monoisotopic (exact) mass is 537 g/mol. The van der Waals surface area contributed by atoms with E-state index in [4.69, 9.17) is 0 Å². The van der Waals surface area contributed by atoms with Crippen LogP contribution >= 0.6 is 0 Å². The lowest BCUT2D eigenvalue weighted by atomic mass is 10.0.